The summed E-state index contributed by atoms with van der Waals surface area (Å²) in [4.78, 5) is 30.1. The lowest BCUT2D eigenvalue weighted by Gasteiger charge is -2.11. The van der Waals surface area contributed by atoms with Gasteiger partial charge in [-0.1, -0.05) is 0 Å². The first-order valence-corrected chi connectivity index (χ1v) is 7.88. The van der Waals surface area contributed by atoms with Gasteiger partial charge in [0.2, 0.25) is 11.6 Å². The van der Waals surface area contributed by atoms with Crippen LogP contribution in [0.5, 0.6) is 0 Å². The van der Waals surface area contributed by atoms with Crippen LogP contribution in [0.4, 0.5) is 36.2 Å². The van der Waals surface area contributed by atoms with Gasteiger partial charge in [-0.05, 0) is 36.4 Å². The summed E-state index contributed by atoms with van der Waals surface area (Å²) in [5.74, 6) is -4.17. The Morgan fingerprint density at radius 3 is 2.31 bits per heavy atom. The molecule has 1 aromatic heterocycles. The Morgan fingerprint density at radius 1 is 0.966 bits per heavy atom. The molecule has 0 atom stereocenters. The van der Waals surface area contributed by atoms with Gasteiger partial charge in [0.1, 0.15) is 12.1 Å². The number of rotatable bonds is 6. The Balaban J connectivity index is 1.82. The summed E-state index contributed by atoms with van der Waals surface area (Å²) in [5.41, 5.74) is 3.93. The summed E-state index contributed by atoms with van der Waals surface area (Å²) in [6.45, 7) is 0. The predicted octanol–water partition coefficient (Wildman–Crippen LogP) is 3.30. The molecule has 1 heterocycles. The van der Waals surface area contributed by atoms with E-state index in [0.717, 1.165) is 36.7 Å². The van der Waals surface area contributed by atoms with Gasteiger partial charge in [0.15, 0.2) is 11.6 Å². The number of hydrazine groups is 1. The third kappa shape index (κ3) is 4.55. The van der Waals surface area contributed by atoms with E-state index in [1.54, 1.807) is 0 Å². The highest BCUT2D eigenvalue weighted by Gasteiger charge is 2.24. The van der Waals surface area contributed by atoms with Crippen molar-refractivity contribution >= 4 is 28.9 Å². The first-order chi connectivity index (χ1) is 13.8. The van der Waals surface area contributed by atoms with E-state index < -0.39 is 34.0 Å². The van der Waals surface area contributed by atoms with Gasteiger partial charge in [-0.2, -0.15) is 0 Å². The summed E-state index contributed by atoms with van der Waals surface area (Å²) in [7, 11) is 0. The number of hydrogen-bond donors (Lipinski definition) is 3. The topological polar surface area (TPSA) is 122 Å². The molecule has 0 saturated carbocycles. The van der Waals surface area contributed by atoms with Crippen LogP contribution in [0.2, 0.25) is 0 Å². The Bertz CT molecular complexity index is 1080. The average Bonchev–Trinajstić information content (AvgIpc) is 2.69. The van der Waals surface area contributed by atoms with Gasteiger partial charge >= 0.3 is 5.69 Å². The minimum Gasteiger partial charge on any atom is -0.334 e. The molecule has 0 radical (unpaired) electrons. The van der Waals surface area contributed by atoms with Crippen molar-refractivity contribution in [3.63, 3.8) is 0 Å². The molecule has 1 amide bonds. The van der Waals surface area contributed by atoms with Crippen LogP contribution in [0.25, 0.3) is 0 Å². The zero-order valence-corrected chi connectivity index (χ0v) is 14.3. The number of anilines is 3. The Kier molecular flexibility index (Phi) is 5.53. The van der Waals surface area contributed by atoms with Crippen LogP contribution in [0.1, 0.15) is 10.4 Å². The number of nitrogens with zero attached hydrogens (tertiary/aromatic N) is 3. The molecule has 2 aromatic carbocycles. The average molecular weight is 404 g/mol. The van der Waals surface area contributed by atoms with Crippen LogP contribution in [0.3, 0.4) is 0 Å². The van der Waals surface area contributed by atoms with E-state index in [0.29, 0.717) is 0 Å². The van der Waals surface area contributed by atoms with E-state index in [2.05, 4.69) is 26.1 Å². The summed E-state index contributed by atoms with van der Waals surface area (Å²) >= 11 is 0. The molecule has 29 heavy (non-hydrogen) atoms. The lowest BCUT2D eigenvalue weighted by molar-refractivity contribution is -0.383. The molecule has 0 aliphatic heterocycles. The third-order valence-corrected chi connectivity index (χ3v) is 3.59. The zero-order valence-electron chi connectivity index (χ0n) is 14.3. The Labute approximate surface area is 160 Å². The second-order valence-corrected chi connectivity index (χ2v) is 5.52. The third-order valence-electron chi connectivity index (χ3n) is 3.59. The van der Waals surface area contributed by atoms with E-state index >= 15 is 0 Å². The number of aromatic nitrogens is 2. The van der Waals surface area contributed by atoms with Gasteiger partial charge in [-0.3, -0.25) is 25.8 Å². The fraction of sp³-hybridized carbons (Fsp3) is 0. The van der Waals surface area contributed by atoms with Crippen molar-refractivity contribution in [2.75, 3.05) is 10.7 Å². The fourth-order valence-electron chi connectivity index (χ4n) is 2.23. The highest BCUT2D eigenvalue weighted by Crippen LogP contribution is 2.31. The molecule has 12 heteroatoms. The van der Waals surface area contributed by atoms with Crippen LogP contribution >= 0.6 is 0 Å². The van der Waals surface area contributed by atoms with Crippen molar-refractivity contribution in [2.45, 2.75) is 0 Å². The molecule has 0 aliphatic carbocycles. The monoisotopic (exact) mass is 404 g/mol. The number of hydrogen-bond acceptors (Lipinski definition) is 7. The lowest BCUT2D eigenvalue weighted by Crippen LogP contribution is -2.30. The SMILES string of the molecule is O=C(NNc1ncnc(Nc2ccc(F)c(F)c2)c1[N+](=O)[O-])c1ccc(F)cc1. The maximum absolute atomic E-state index is 13.4. The molecular formula is C17H11F3N6O3. The first kappa shape index (κ1) is 19.5. The normalized spacial score (nSPS) is 10.3. The smallest absolute Gasteiger partial charge is 0.334 e. The first-order valence-electron chi connectivity index (χ1n) is 7.88. The summed E-state index contributed by atoms with van der Waals surface area (Å²) in [6.07, 6.45) is 0.960. The van der Waals surface area contributed by atoms with Gasteiger partial charge in [0.05, 0.1) is 4.92 Å². The molecule has 0 unspecified atom stereocenters. The molecule has 3 aromatic rings. The van der Waals surface area contributed by atoms with Crippen LogP contribution < -0.4 is 16.2 Å². The highest BCUT2D eigenvalue weighted by molar-refractivity contribution is 5.95. The molecule has 3 rings (SSSR count). The fourth-order valence-corrected chi connectivity index (χ4v) is 2.23. The van der Waals surface area contributed by atoms with E-state index in [1.807, 2.05) is 0 Å². The summed E-state index contributed by atoms with van der Waals surface area (Å²) in [6, 6.07) is 7.39. The van der Waals surface area contributed by atoms with Gasteiger partial charge in [-0.15, -0.1) is 0 Å². The summed E-state index contributed by atoms with van der Waals surface area (Å²) < 4.78 is 39.3. The van der Waals surface area contributed by atoms with E-state index in [4.69, 9.17) is 0 Å². The minimum atomic E-state index is -1.16. The van der Waals surface area contributed by atoms with Gasteiger partial charge < -0.3 is 5.32 Å². The maximum atomic E-state index is 13.4. The van der Waals surface area contributed by atoms with Crippen molar-refractivity contribution in [3.05, 3.63) is 81.9 Å². The van der Waals surface area contributed by atoms with Crippen molar-refractivity contribution < 1.29 is 22.9 Å². The van der Waals surface area contributed by atoms with E-state index in [1.165, 1.54) is 12.1 Å². The largest absolute Gasteiger partial charge is 0.355 e. The molecule has 148 valence electrons. The van der Waals surface area contributed by atoms with Crippen molar-refractivity contribution in [1.82, 2.24) is 15.4 Å². The molecule has 3 N–H and O–H groups in total. The van der Waals surface area contributed by atoms with Crippen LogP contribution in [0.15, 0.2) is 48.8 Å². The van der Waals surface area contributed by atoms with Crippen LogP contribution in [-0.2, 0) is 0 Å². The number of amides is 1. The highest BCUT2D eigenvalue weighted by atomic mass is 19.2. The van der Waals surface area contributed by atoms with E-state index in [-0.39, 0.29) is 22.9 Å². The number of carbonyl (C=O) groups excluding carboxylic acids is 1. The van der Waals surface area contributed by atoms with Crippen molar-refractivity contribution in [2.24, 2.45) is 0 Å². The van der Waals surface area contributed by atoms with Gasteiger partial charge in [-0.25, -0.2) is 23.1 Å². The molecule has 0 spiro atoms. The molecular weight excluding hydrogens is 393 g/mol. The van der Waals surface area contributed by atoms with Crippen LogP contribution in [-0.4, -0.2) is 20.8 Å². The number of nitro groups is 1. The zero-order chi connectivity index (χ0) is 21.0. The van der Waals surface area contributed by atoms with Crippen molar-refractivity contribution in [3.8, 4) is 0 Å². The van der Waals surface area contributed by atoms with E-state index in [9.17, 15) is 28.1 Å². The Hall–Kier alpha value is -4.22. The maximum Gasteiger partial charge on any atom is 0.355 e. The number of halogens is 3. The lowest BCUT2D eigenvalue weighted by atomic mass is 10.2. The molecule has 0 bridgehead atoms. The number of nitrogens with one attached hydrogen (secondary N) is 3. The quantitative estimate of drug-likeness (QED) is 0.426. The summed E-state index contributed by atoms with van der Waals surface area (Å²) in [5, 5.41) is 14.0. The second kappa shape index (κ2) is 8.21. The van der Waals surface area contributed by atoms with Gasteiger partial charge in [0.25, 0.3) is 5.91 Å². The minimum absolute atomic E-state index is 0.00648. The Morgan fingerprint density at radius 2 is 1.66 bits per heavy atom. The van der Waals surface area contributed by atoms with Crippen molar-refractivity contribution in [1.29, 1.82) is 0 Å². The number of carbonyl (C=O) groups is 1. The second-order valence-electron chi connectivity index (χ2n) is 5.52. The van der Waals surface area contributed by atoms with Gasteiger partial charge in [0, 0.05) is 17.3 Å². The predicted molar refractivity (Wildman–Crippen MR) is 95.8 cm³/mol. The number of benzene rings is 2. The molecule has 9 nitrogen and oxygen atoms in total. The van der Waals surface area contributed by atoms with Crippen LogP contribution in [0, 0.1) is 27.6 Å². The molecule has 0 saturated heterocycles. The molecule has 0 fully saturated rings. The molecule has 0 aliphatic rings. The standard InChI is InChI=1S/C17H11F3N6O3/c18-10-3-1-9(2-4-10)17(27)25-24-16-14(26(28)29)15(21-8-22-16)23-11-5-6-12(19)13(20)7-11/h1-8H,(H,25,27)(H2,21,22,23,24).